The van der Waals surface area contributed by atoms with Crippen LogP contribution < -0.4 is 5.32 Å². The molecule has 4 aromatic carbocycles. The summed E-state index contributed by atoms with van der Waals surface area (Å²) in [5.41, 5.74) is 5.55. The summed E-state index contributed by atoms with van der Waals surface area (Å²) in [7, 11) is 0. The van der Waals surface area contributed by atoms with Gasteiger partial charge < -0.3 is 5.32 Å². The van der Waals surface area contributed by atoms with Crippen molar-refractivity contribution < 1.29 is 0 Å². The van der Waals surface area contributed by atoms with Crippen LogP contribution in [-0.2, 0) is 5.54 Å². The summed E-state index contributed by atoms with van der Waals surface area (Å²) in [6, 6.07) is 25.9. The van der Waals surface area contributed by atoms with Gasteiger partial charge in [0.15, 0.2) is 0 Å². The smallest absolute Gasteiger partial charge is 0.104 e. The second-order valence-electron chi connectivity index (χ2n) is 7.14. The Kier molecular flexibility index (Phi) is 2.26. The van der Waals surface area contributed by atoms with E-state index >= 15 is 0 Å². The van der Waals surface area contributed by atoms with Crippen molar-refractivity contribution in [2.45, 2.75) is 12.5 Å². The van der Waals surface area contributed by atoms with Gasteiger partial charge in [-0.25, -0.2) is 4.99 Å². The van der Waals surface area contributed by atoms with E-state index in [0.29, 0.717) is 0 Å². The summed E-state index contributed by atoms with van der Waals surface area (Å²) in [4.78, 5) is 5.12. The maximum Gasteiger partial charge on any atom is 0.104 e. The highest BCUT2D eigenvalue weighted by Crippen LogP contribution is 2.48. The molecule has 1 aliphatic carbocycles. The first-order chi connectivity index (χ1) is 12.2. The van der Waals surface area contributed by atoms with Gasteiger partial charge in [0, 0.05) is 5.56 Å². The van der Waals surface area contributed by atoms with Crippen LogP contribution in [-0.4, -0.2) is 5.71 Å². The molecule has 0 spiro atoms. The van der Waals surface area contributed by atoms with Crippen molar-refractivity contribution in [3.63, 3.8) is 0 Å². The van der Waals surface area contributed by atoms with E-state index in [0.717, 1.165) is 17.1 Å². The lowest BCUT2D eigenvalue weighted by Gasteiger charge is -2.34. The zero-order valence-corrected chi connectivity index (χ0v) is 13.9. The predicted molar refractivity (Wildman–Crippen MR) is 105 cm³/mol. The highest BCUT2D eigenvalue weighted by atomic mass is 15.1. The van der Waals surface area contributed by atoms with Crippen molar-refractivity contribution in [1.29, 1.82) is 0 Å². The maximum atomic E-state index is 5.12. The molecule has 1 atom stereocenters. The Labute approximate surface area is 145 Å². The lowest BCUT2D eigenvalue weighted by molar-refractivity contribution is 0.750. The summed E-state index contributed by atoms with van der Waals surface area (Å²) in [6.07, 6.45) is 0. The third-order valence-corrected chi connectivity index (χ3v) is 5.65. The van der Waals surface area contributed by atoms with Crippen molar-refractivity contribution >= 4 is 38.6 Å². The van der Waals surface area contributed by atoms with Crippen molar-refractivity contribution in [2.75, 3.05) is 5.32 Å². The first-order valence-electron chi connectivity index (χ1n) is 8.67. The minimum absolute atomic E-state index is 0.279. The third-order valence-electron chi connectivity index (χ3n) is 5.65. The number of fused-ring (bicyclic) bond motifs is 5. The quantitative estimate of drug-likeness (QED) is 0.437. The number of nitrogens with one attached hydrogen (secondary N) is 1. The van der Waals surface area contributed by atoms with E-state index in [-0.39, 0.29) is 5.54 Å². The molecule has 2 aliphatic rings. The van der Waals surface area contributed by atoms with Crippen LogP contribution in [0.15, 0.2) is 77.8 Å². The topological polar surface area (TPSA) is 24.4 Å². The number of rotatable bonds is 0. The summed E-state index contributed by atoms with van der Waals surface area (Å²) in [5.74, 6) is 0. The van der Waals surface area contributed by atoms with E-state index in [2.05, 4.69) is 85.0 Å². The van der Waals surface area contributed by atoms with Gasteiger partial charge in [-0.1, -0.05) is 60.7 Å². The van der Waals surface area contributed by atoms with E-state index in [1.165, 1.54) is 32.7 Å². The van der Waals surface area contributed by atoms with E-state index in [9.17, 15) is 0 Å². The summed E-state index contributed by atoms with van der Waals surface area (Å²) >= 11 is 0. The Morgan fingerprint density at radius 2 is 1.52 bits per heavy atom. The van der Waals surface area contributed by atoms with E-state index < -0.39 is 0 Å². The summed E-state index contributed by atoms with van der Waals surface area (Å²) in [5, 5.41) is 8.88. The molecule has 0 aromatic heterocycles. The van der Waals surface area contributed by atoms with Crippen LogP contribution in [0.3, 0.4) is 0 Å². The molecule has 1 aliphatic heterocycles. The Hall–Kier alpha value is -3.13. The molecule has 1 N–H and O–H groups in total. The highest BCUT2D eigenvalue weighted by Gasteiger charge is 2.43. The van der Waals surface area contributed by atoms with Crippen molar-refractivity contribution in [3.8, 4) is 0 Å². The summed E-state index contributed by atoms with van der Waals surface area (Å²) < 4.78 is 0. The normalized spacial score (nSPS) is 20.1. The monoisotopic (exact) mass is 320 g/mol. The first kappa shape index (κ1) is 13.2. The molecule has 1 heterocycles. The molecule has 6 rings (SSSR count). The second kappa shape index (κ2) is 4.28. The van der Waals surface area contributed by atoms with Crippen molar-refractivity contribution in [3.05, 3.63) is 83.9 Å². The minimum Gasteiger partial charge on any atom is -0.369 e. The molecule has 0 saturated carbocycles. The Morgan fingerprint density at radius 3 is 2.36 bits per heavy atom. The van der Waals surface area contributed by atoms with Crippen LogP contribution in [0.4, 0.5) is 11.4 Å². The van der Waals surface area contributed by atoms with Gasteiger partial charge in [0.1, 0.15) is 5.54 Å². The lowest BCUT2D eigenvalue weighted by Crippen LogP contribution is -2.39. The lowest BCUT2D eigenvalue weighted by atomic mass is 9.89. The third kappa shape index (κ3) is 1.57. The van der Waals surface area contributed by atoms with Gasteiger partial charge >= 0.3 is 0 Å². The molecular weight excluding hydrogens is 304 g/mol. The Bertz CT molecular complexity index is 1230. The molecule has 2 nitrogen and oxygen atoms in total. The largest absolute Gasteiger partial charge is 0.369 e. The van der Waals surface area contributed by atoms with Gasteiger partial charge in [0.05, 0.1) is 17.1 Å². The zero-order valence-electron chi connectivity index (χ0n) is 13.9. The second-order valence-corrected chi connectivity index (χ2v) is 7.14. The minimum atomic E-state index is -0.279. The number of hydrogen-bond donors (Lipinski definition) is 1. The van der Waals surface area contributed by atoms with Gasteiger partial charge in [-0.3, -0.25) is 0 Å². The zero-order chi connectivity index (χ0) is 16.6. The van der Waals surface area contributed by atoms with Crippen LogP contribution >= 0.6 is 0 Å². The fraction of sp³-hybridized carbons (Fsp3) is 0.0870. The number of anilines is 1. The van der Waals surface area contributed by atoms with Gasteiger partial charge in [-0.2, -0.15) is 0 Å². The summed E-state index contributed by atoms with van der Waals surface area (Å²) in [6.45, 7) is 2.25. The van der Waals surface area contributed by atoms with Crippen molar-refractivity contribution in [1.82, 2.24) is 0 Å². The number of benzene rings is 4. The standard InChI is InChI=1S/C23H16N2/c1-23-18-11-5-9-14-8-4-10-17(21(14)18)22(23)24-19-12-15-6-2-3-7-16(15)13-20(19)25-23/h2-13,25H,1H3. The number of aliphatic imine (C=N–C) groups is 1. The van der Waals surface area contributed by atoms with Gasteiger partial charge in [-0.15, -0.1) is 0 Å². The molecular formula is C23H16N2. The van der Waals surface area contributed by atoms with Crippen LogP contribution in [0.5, 0.6) is 0 Å². The molecule has 2 heteroatoms. The van der Waals surface area contributed by atoms with Gasteiger partial charge in [-0.05, 0) is 46.2 Å². The van der Waals surface area contributed by atoms with Crippen LogP contribution in [0.25, 0.3) is 21.5 Å². The van der Waals surface area contributed by atoms with Crippen LogP contribution in [0.2, 0.25) is 0 Å². The average molecular weight is 320 g/mol. The number of hydrogen-bond acceptors (Lipinski definition) is 2. The Balaban J connectivity index is 1.70. The molecule has 0 bridgehead atoms. The fourth-order valence-electron chi connectivity index (χ4n) is 4.46. The average Bonchev–Trinajstić information content (AvgIpc) is 2.88. The fourth-order valence-corrected chi connectivity index (χ4v) is 4.46. The van der Waals surface area contributed by atoms with Gasteiger partial charge in [0.2, 0.25) is 0 Å². The highest BCUT2D eigenvalue weighted by molar-refractivity contribution is 6.25. The molecule has 0 saturated heterocycles. The van der Waals surface area contributed by atoms with Crippen LogP contribution in [0.1, 0.15) is 18.1 Å². The molecule has 25 heavy (non-hydrogen) atoms. The Morgan fingerprint density at radius 1 is 0.800 bits per heavy atom. The van der Waals surface area contributed by atoms with E-state index in [1.807, 2.05) is 0 Å². The van der Waals surface area contributed by atoms with Gasteiger partial charge in [0.25, 0.3) is 0 Å². The van der Waals surface area contributed by atoms with E-state index in [4.69, 9.17) is 4.99 Å². The molecule has 0 radical (unpaired) electrons. The van der Waals surface area contributed by atoms with Crippen LogP contribution in [0, 0.1) is 0 Å². The first-order valence-corrected chi connectivity index (χ1v) is 8.67. The molecule has 1 unspecified atom stereocenters. The SMILES string of the molecule is CC12Nc3cc4ccccc4cc3N=C1c1cccc3cccc2c13. The molecule has 0 amide bonds. The maximum absolute atomic E-state index is 5.12. The van der Waals surface area contributed by atoms with E-state index in [1.54, 1.807) is 0 Å². The molecule has 0 fully saturated rings. The van der Waals surface area contributed by atoms with Crippen molar-refractivity contribution in [2.24, 2.45) is 4.99 Å². The number of nitrogens with zero attached hydrogens (tertiary/aromatic N) is 1. The molecule has 4 aromatic rings. The molecule has 118 valence electrons. The predicted octanol–water partition coefficient (Wildman–Crippen LogP) is 5.77.